The van der Waals surface area contributed by atoms with Crippen LogP contribution in [0.25, 0.3) is 5.52 Å². The molecule has 118 valence electrons. The second-order valence-electron chi connectivity index (χ2n) is 5.82. The Kier molecular flexibility index (Phi) is 4.21. The first-order valence-corrected chi connectivity index (χ1v) is 7.37. The highest BCUT2D eigenvalue weighted by molar-refractivity contribution is 6.00. The van der Waals surface area contributed by atoms with Crippen LogP contribution in [-0.2, 0) is 4.79 Å². The molecule has 2 amide bonds. The predicted octanol–water partition coefficient (Wildman–Crippen LogP) is 1.66. The maximum absolute atomic E-state index is 12.7. The number of primary amides is 1. The number of imidazole rings is 1. The molecular weight excluding hydrogens is 280 g/mol. The van der Waals surface area contributed by atoms with Crippen LogP contribution in [0.4, 0.5) is 0 Å². The topological polar surface area (TPSA) is 89.5 Å². The minimum Gasteiger partial charge on any atom is -0.368 e. The molecular formula is C16H22N4O2. The van der Waals surface area contributed by atoms with E-state index in [1.54, 1.807) is 18.6 Å². The van der Waals surface area contributed by atoms with Gasteiger partial charge in [-0.25, -0.2) is 4.98 Å². The lowest BCUT2D eigenvalue weighted by Crippen LogP contribution is -2.60. The maximum Gasteiger partial charge on any atom is 0.253 e. The van der Waals surface area contributed by atoms with E-state index in [2.05, 4.69) is 10.3 Å². The van der Waals surface area contributed by atoms with Crippen LogP contribution in [0.5, 0.6) is 0 Å². The van der Waals surface area contributed by atoms with Crippen LogP contribution in [0, 0.1) is 12.8 Å². The third-order valence-electron chi connectivity index (χ3n) is 4.40. The summed E-state index contributed by atoms with van der Waals surface area (Å²) < 4.78 is 1.84. The maximum atomic E-state index is 12.7. The zero-order valence-corrected chi connectivity index (χ0v) is 13.4. The van der Waals surface area contributed by atoms with Crippen molar-refractivity contribution in [3.8, 4) is 0 Å². The Bertz CT molecular complexity index is 720. The Labute approximate surface area is 129 Å². The molecule has 0 radical (unpaired) electrons. The average Bonchev–Trinajstić information content (AvgIpc) is 2.93. The van der Waals surface area contributed by atoms with Crippen LogP contribution in [0.3, 0.4) is 0 Å². The number of hydrogen-bond donors (Lipinski definition) is 2. The van der Waals surface area contributed by atoms with Gasteiger partial charge in [0.05, 0.1) is 23.6 Å². The minimum atomic E-state index is -1.05. The standard InChI is InChI=1S/C16H22N4O2/c1-5-16(10(2)3,15(17)22)19-14(21)13-7-6-12-8-18-9-20(12)11(13)4/h6-10H,5H2,1-4H3,(H2,17,22)(H,19,21). The number of nitrogens with two attached hydrogens (primary N) is 1. The molecule has 2 rings (SSSR count). The molecule has 0 bridgehead atoms. The van der Waals surface area contributed by atoms with Gasteiger partial charge < -0.3 is 15.5 Å². The number of hydrogen-bond acceptors (Lipinski definition) is 3. The highest BCUT2D eigenvalue weighted by Gasteiger charge is 2.40. The van der Waals surface area contributed by atoms with Gasteiger partial charge in [0.1, 0.15) is 5.54 Å². The summed E-state index contributed by atoms with van der Waals surface area (Å²) in [6.45, 7) is 7.44. The summed E-state index contributed by atoms with van der Waals surface area (Å²) in [7, 11) is 0. The highest BCUT2D eigenvalue weighted by Crippen LogP contribution is 2.22. The Morgan fingerprint density at radius 2 is 2.09 bits per heavy atom. The number of fused-ring (bicyclic) bond motifs is 1. The number of rotatable bonds is 5. The fourth-order valence-electron chi connectivity index (χ4n) is 2.80. The van der Waals surface area contributed by atoms with E-state index in [-0.39, 0.29) is 11.8 Å². The normalized spacial score (nSPS) is 14.0. The van der Waals surface area contributed by atoms with E-state index < -0.39 is 11.4 Å². The Morgan fingerprint density at radius 1 is 1.41 bits per heavy atom. The van der Waals surface area contributed by atoms with E-state index in [9.17, 15) is 9.59 Å². The molecule has 3 N–H and O–H groups in total. The molecule has 22 heavy (non-hydrogen) atoms. The smallest absolute Gasteiger partial charge is 0.253 e. The fourth-order valence-corrected chi connectivity index (χ4v) is 2.80. The van der Waals surface area contributed by atoms with Gasteiger partial charge in [-0.2, -0.15) is 0 Å². The first-order chi connectivity index (χ1) is 10.3. The molecule has 0 aliphatic carbocycles. The summed E-state index contributed by atoms with van der Waals surface area (Å²) in [4.78, 5) is 28.6. The zero-order chi connectivity index (χ0) is 16.5. The Balaban J connectivity index is 2.41. The number of carbonyl (C=O) groups excluding carboxylic acids is 2. The van der Waals surface area contributed by atoms with Crippen LogP contribution in [0.1, 0.15) is 43.2 Å². The van der Waals surface area contributed by atoms with Gasteiger partial charge in [0.25, 0.3) is 5.91 Å². The van der Waals surface area contributed by atoms with Crippen LogP contribution in [0.15, 0.2) is 24.7 Å². The van der Waals surface area contributed by atoms with Gasteiger partial charge in [-0.05, 0) is 31.4 Å². The molecule has 1 atom stereocenters. The molecule has 1 unspecified atom stereocenters. The lowest BCUT2D eigenvalue weighted by Gasteiger charge is -2.34. The summed E-state index contributed by atoms with van der Waals surface area (Å²) in [6.07, 6.45) is 3.83. The predicted molar refractivity (Wildman–Crippen MR) is 84.4 cm³/mol. The number of carbonyl (C=O) groups is 2. The highest BCUT2D eigenvalue weighted by atomic mass is 16.2. The van der Waals surface area contributed by atoms with Crippen molar-refractivity contribution in [3.63, 3.8) is 0 Å². The number of amides is 2. The van der Waals surface area contributed by atoms with Crippen LogP contribution in [-0.4, -0.2) is 26.7 Å². The van der Waals surface area contributed by atoms with E-state index in [0.717, 1.165) is 11.2 Å². The summed E-state index contributed by atoms with van der Waals surface area (Å²) in [5, 5.41) is 2.85. The first kappa shape index (κ1) is 16.0. The molecule has 6 nitrogen and oxygen atoms in total. The van der Waals surface area contributed by atoms with Crippen molar-refractivity contribution >= 4 is 17.3 Å². The molecule has 0 saturated carbocycles. The van der Waals surface area contributed by atoms with Gasteiger partial charge in [-0.15, -0.1) is 0 Å². The van der Waals surface area contributed by atoms with E-state index >= 15 is 0 Å². The summed E-state index contributed by atoms with van der Waals surface area (Å²) >= 11 is 0. The van der Waals surface area contributed by atoms with E-state index in [1.807, 2.05) is 38.2 Å². The molecule has 0 spiro atoms. The van der Waals surface area contributed by atoms with Gasteiger partial charge in [0.2, 0.25) is 5.91 Å². The largest absolute Gasteiger partial charge is 0.368 e. The second kappa shape index (κ2) is 5.79. The fraction of sp³-hybridized carbons (Fsp3) is 0.438. The lowest BCUT2D eigenvalue weighted by atomic mass is 9.82. The Hall–Kier alpha value is -2.37. The molecule has 6 heteroatoms. The molecule has 0 aliphatic rings. The van der Waals surface area contributed by atoms with Gasteiger partial charge in [-0.3, -0.25) is 9.59 Å². The van der Waals surface area contributed by atoms with Crippen molar-refractivity contribution in [2.45, 2.75) is 39.7 Å². The number of aryl methyl sites for hydroxylation is 1. The van der Waals surface area contributed by atoms with Crippen molar-refractivity contribution in [2.24, 2.45) is 11.7 Å². The van der Waals surface area contributed by atoms with Crippen molar-refractivity contribution in [1.82, 2.24) is 14.7 Å². The molecule has 0 saturated heterocycles. The quantitative estimate of drug-likeness (QED) is 0.880. The van der Waals surface area contributed by atoms with Crippen molar-refractivity contribution < 1.29 is 9.59 Å². The Morgan fingerprint density at radius 3 is 2.64 bits per heavy atom. The van der Waals surface area contributed by atoms with E-state index in [4.69, 9.17) is 5.73 Å². The van der Waals surface area contributed by atoms with Gasteiger partial charge in [0, 0.05) is 5.69 Å². The summed E-state index contributed by atoms with van der Waals surface area (Å²) in [6, 6.07) is 3.56. The van der Waals surface area contributed by atoms with Crippen molar-refractivity contribution in [3.05, 3.63) is 35.9 Å². The van der Waals surface area contributed by atoms with Crippen LogP contribution >= 0.6 is 0 Å². The van der Waals surface area contributed by atoms with E-state index in [1.165, 1.54) is 0 Å². The van der Waals surface area contributed by atoms with Crippen molar-refractivity contribution in [2.75, 3.05) is 0 Å². The SMILES string of the molecule is CCC(NC(=O)c1ccc2cncn2c1C)(C(N)=O)C(C)C. The lowest BCUT2D eigenvalue weighted by molar-refractivity contribution is -0.126. The zero-order valence-electron chi connectivity index (χ0n) is 13.4. The number of nitrogens with one attached hydrogen (secondary N) is 1. The molecule has 0 aromatic carbocycles. The first-order valence-electron chi connectivity index (χ1n) is 7.37. The third-order valence-corrected chi connectivity index (χ3v) is 4.40. The molecule has 2 heterocycles. The monoisotopic (exact) mass is 302 g/mol. The molecule has 0 aliphatic heterocycles. The van der Waals surface area contributed by atoms with E-state index in [0.29, 0.717) is 12.0 Å². The van der Waals surface area contributed by atoms with Gasteiger partial charge >= 0.3 is 0 Å². The van der Waals surface area contributed by atoms with Crippen molar-refractivity contribution in [1.29, 1.82) is 0 Å². The summed E-state index contributed by atoms with van der Waals surface area (Å²) in [5.74, 6) is -0.918. The minimum absolute atomic E-state index is 0.101. The second-order valence-corrected chi connectivity index (χ2v) is 5.82. The third kappa shape index (κ3) is 2.45. The van der Waals surface area contributed by atoms with Crippen LogP contribution < -0.4 is 11.1 Å². The van der Waals surface area contributed by atoms with Crippen LogP contribution in [0.2, 0.25) is 0 Å². The van der Waals surface area contributed by atoms with Gasteiger partial charge in [-0.1, -0.05) is 20.8 Å². The molecule has 2 aromatic rings. The van der Waals surface area contributed by atoms with Gasteiger partial charge in [0.15, 0.2) is 0 Å². The molecule has 2 aromatic heterocycles. The molecule has 0 fully saturated rings. The number of aromatic nitrogens is 2. The average molecular weight is 302 g/mol. The number of nitrogens with zero attached hydrogens (tertiary/aromatic N) is 2. The summed E-state index contributed by atoms with van der Waals surface area (Å²) in [5.41, 5.74) is 6.69. The number of pyridine rings is 1.